The highest BCUT2D eigenvalue weighted by Crippen LogP contribution is 2.24. The van der Waals surface area contributed by atoms with Gasteiger partial charge in [-0.2, -0.15) is 0 Å². The molecular weight excluding hydrogens is 491 g/mol. The summed E-state index contributed by atoms with van der Waals surface area (Å²) in [7, 11) is -3.87. The molecule has 1 amide bonds. The van der Waals surface area contributed by atoms with Gasteiger partial charge in [-0.05, 0) is 56.3 Å². The first-order valence-electron chi connectivity index (χ1n) is 12.3. The molecule has 7 nitrogen and oxygen atoms in total. The zero-order valence-corrected chi connectivity index (χ0v) is 21.8. The van der Waals surface area contributed by atoms with E-state index in [9.17, 15) is 17.6 Å². The largest absolute Gasteiger partial charge is 0.333 e. The van der Waals surface area contributed by atoms with E-state index in [0.717, 1.165) is 5.39 Å². The van der Waals surface area contributed by atoms with Crippen LogP contribution < -0.4 is 4.72 Å². The van der Waals surface area contributed by atoms with Crippen LogP contribution in [0.5, 0.6) is 0 Å². The van der Waals surface area contributed by atoms with Gasteiger partial charge in [-0.25, -0.2) is 12.8 Å². The van der Waals surface area contributed by atoms with Crippen molar-refractivity contribution in [2.45, 2.75) is 31.2 Å². The Morgan fingerprint density at radius 3 is 2.62 bits per heavy atom. The third-order valence-electron chi connectivity index (χ3n) is 6.38. The molecule has 1 fully saturated rings. The molecule has 1 aliphatic rings. The minimum atomic E-state index is -3.87. The van der Waals surface area contributed by atoms with Crippen LogP contribution >= 0.6 is 0 Å². The number of fused-ring (bicyclic) bond motifs is 1. The number of anilines is 1. The Morgan fingerprint density at radius 1 is 1.14 bits per heavy atom. The van der Waals surface area contributed by atoms with Gasteiger partial charge in [-0.15, -0.1) is 0 Å². The van der Waals surface area contributed by atoms with Crippen LogP contribution in [0.2, 0.25) is 0 Å². The van der Waals surface area contributed by atoms with Gasteiger partial charge in [0.15, 0.2) is 0 Å². The number of benzene rings is 2. The summed E-state index contributed by atoms with van der Waals surface area (Å²) in [6.45, 7) is 6.31. The molecule has 2 aromatic carbocycles. The van der Waals surface area contributed by atoms with Crippen molar-refractivity contribution in [3.63, 3.8) is 0 Å². The van der Waals surface area contributed by atoms with Crippen LogP contribution in [-0.2, 0) is 10.0 Å². The number of amides is 1. The minimum Gasteiger partial charge on any atom is -0.333 e. The van der Waals surface area contributed by atoms with E-state index in [0.29, 0.717) is 49.4 Å². The lowest BCUT2D eigenvalue weighted by Crippen LogP contribution is -2.54. The fourth-order valence-corrected chi connectivity index (χ4v) is 5.68. The Balaban J connectivity index is 1.38. The predicted molar refractivity (Wildman–Crippen MR) is 145 cm³/mol. The molecule has 37 heavy (non-hydrogen) atoms. The molecule has 0 aliphatic carbocycles. The van der Waals surface area contributed by atoms with E-state index in [1.807, 2.05) is 30.9 Å². The summed E-state index contributed by atoms with van der Waals surface area (Å²) in [6.07, 6.45) is 6.86. The third kappa shape index (κ3) is 6.42. The lowest BCUT2D eigenvalue weighted by atomic mass is 10.1. The number of allylic oxidation sites excluding steroid dienone is 3. The van der Waals surface area contributed by atoms with Crippen molar-refractivity contribution in [3.05, 3.63) is 90.4 Å². The van der Waals surface area contributed by atoms with E-state index in [4.69, 9.17) is 0 Å². The lowest BCUT2D eigenvalue weighted by molar-refractivity contribution is 0.0489. The van der Waals surface area contributed by atoms with Crippen LogP contribution in [0.25, 0.3) is 10.9 Å². The van der Waals surface area contributed by atoms with Gasteiger partial charge in [0.05, 0.1) is 5.52 Å². The monoisotopic (exact) mass is 522 g/mol. The summed E-state index contributed by atoms with van der Waals surface area (Å²) < 4.78 is 42.5. The molecule has 1 atom stereocenters. The van der Waals surface area contributed by atoms with Crippen molar-refractivity contribution in [1.82, 2.24) is 14.8 Å². The van der Waals surface area contributed by atoms with Gasteiger partial charge >= 0.3 is 0 Å². The molecule has 1 aliphatic heterocycles. The minimum absolute atomic E-state index is 0.0270. The van der Waals surface area contributed by atoms with Gasteiger partial charge in [0.2, 0.25) is 0 Å². The molecule has 3 aromatic rings. The molecule has 9 heteroatoms. The van der Waals surface area contributed by atoms with Gasteiger partial charge < -0.3 is 4.90 Å². The second-order valence-electron chi connectivity index (χ2n) is 9.05. The summed E-state index contributed by atoms with van der Waals surface area (Å²) in [5.41, 5.74) is 1.24. The van der Waals surface area contributed by atoms with Gasteiger partial charge in [0.25, 0.3) is 15.9 Å². The van der Waals surface area contributed by atoms with Crippen molar-refractivity contribution in [1.29, 1.82) is 0 Å². The van der Waals surface area contributed by atoms with Crippen molar-refractivity contribution >= 4 is 32.5 Å². The van der Waals surface area contributed by atoms with Crippen LogP contribution in [-0.4, -0.2) is 61.3 Å². The summed E-state index contributed by atoms with van der Waals surface area (Å²) in [5, 5.41) is 0.732. The Labute approximate surface area is 217 Å². The second kappa shape index (κ2) is 11.7. The molecule has 2 heterocycles. The van der Waals surface area contributed by atoms with E-state index >= 15 is 0 Å². The number of nitrogens with zero attached hydrogens (tertiary/aromatic N) is 3. The molecule has 0 bridgehead atoms. The molecule has 1 N–H and O–H groups in total. The number of rotatable bonds is 8. The second-order valence-corrected chi connectivity index (χ2v) is 10.7. The van der Waals surface area contributed by atoms with Crippen molar-refractivity contribution in [2.24, 2.45) is 0 Å². The van der Waals surface area contributed by atoms with E-state index < -0.39 is 10.0 Å². The summed E-state index contributed by atoms with van der Waals surface area (Å²) in [6, 6.07) is 15.0. The zero-order valence-electron chi connectivity index (χ0n) is 21.0. The SMILES string of the molecule is C/C=C\C=C(\F)CCN1CCN(C(=O)c2ccc(NS(=O)(=O)c3cccc4cccnc34)cc2)[C@H](C)C1. The number of para-hydroxylation sites is 1. The van der Waals surface area contributed by atoms with Crippen LogP contribution in [0.15, 0.2) is 89.7 Å². The van der Waals surface area contributed by atoms with Crippen molar-refractivity contribution in [3.8, 4) is 0 Å². The lowest BCUT2D eigenvalue weighted by Gasteiger charge is -2.40. The number of halogens is 1. The van der Waals surface area contributed by atoms with Gasteiger partial charge in [0.1, 0.15) is 10.7 Å². The van der Waals surface area contributed by atoms with E-state index in [-0.39, 0.29) is 22.7 Å². The first-order valence-corrected chi connectivity index (χ1v) is 13.7. The zero-order chi connectivity index (χ0) is 26.4. The maximum atomic E-state index is 13.8. The first-order chi connectivity index (χ1) is 17.8. The maximum absolute atomic E-state index is 13.8. The maximum Gasteiger partial charge on any atom is 0.264 e. The number of sulfonamides is 1. The first kappa shape index (κ1) is 26.5. The number of pyridine rings is 1. The molecule has 194 valence electrons. The Hall–Kier alpha value is -3.56. The van der Waals surface area contributed by atoms with E-state index in [2.05, 4.69) is 14.6 Å². The Kier molecular flexibility index (Phi) is 8.35. The number of nitrogens with one attached hydrogen (secondary N) is 1. The highest BCUT2D eigenvalue weighted by atomic mass is 32.2. The standard InChI is InChI=1S/C28H31FN4O3S/c1-3-4-9-24(29)15-17-32-18-19-33(21(2)20-32)28(34)23-11-13-25(14-12-23)31-37(35,36)26-10-5-7-22-8-6-16-30-27(22)26/h3-14,16,21,31H,15,17-20H2,1-2H3/b4-3-,24-9+/t21-/m1/s1. The van der Waals surface area contributed by atoms with E-state index in [1.54, 1.807) is 54.7 Å². The molecule has 0 unspecified atom stereocenters. The number of hydrogen-bond donors (Lipinski definition) is 1. The average molecular weight is 523 g/mol. The smallest absolute Gasteiger partial charge is 0.264 e. The van der Waals surface area contributed by atoms with Gasteiger partial charge in [0, 0.05) is 61.5 Å². The molecular formula is C28H31FN4O3S. The number of piperazine rings is 1. The van der Waals surface area contributed by atoms with Crippen LogP contribution in [0.1, 0.15) is 30.6 Å². The Morgan fingerprint density at radius 2 is 1.89 bits per heavy atom. The molecule has 1 aromatic heterocycles. The van der Waals surface area contributed by atoms with Crippen molar-refractivity contribution in [2.75, 3.05) is 30.9 Å². The van der Waals surface area contributed by atoms with Crippen LogP contribution in [0.3, 0.4) is 0 Å². The third-order valence-corrected chi connectivity index (χ3v) is 7.79. The van der Waals surface area contributed by atoms with Gasteiger partial charge in [-0.1, -0.05) is 30.4 Å². The highest BCUT2D eigenvalue weighted by molar-refractivity contribution is 7.93. The molecule has 0 spiro atoms. The quantitative estimate of drug-likeness (QED) is 0.421. The molecule has 1 saturated heterocycles. The number of aromatic nitrogens is 1. The Bertz CT molecular complexity index is 1420. The van der Waals surface area contributed by atoms with Crippen LogP contribution in [0.4, 0.5) is 10.1 Å². The fraction of sp³-hybridized carbons (Fsp3) is 0.286. The summed E-state index contributed by atoms with van der Waals surface area (Å²) in [4.78, 5) is 21.4. The normalized spacial score (nSPS) is 17.4. The molecule has 0 radical (unpaired) electrons. The summed E-state index contributed by atoms with van der Waals surface area (Å²) in [5.74, 6) is -0.268. The van der Waals surface area contributed by atoms with Gasteiger partial charge in [-0.3, -0.25) is 19.4 Å². The summed E-state index contributed by atoms with van der Waals surface area (Å²) >= 11 is 0. The molecule has 4 rings (SSSR count). The average Bonchev–Trinajstić information content (AvgIpc) is 2.90. The highest BCUT2D eigenvalue weighted by Gasteiger charge is 2.28. The van der Waals surface area contributed by atoms with Crippen LogP contribution in [0, 0.1) is 0 Å². The number of carbonyl (C=O) groups is 1. The van der Waals surface area contributed by atoms with E-state index in [1.165, 1.54) is 12.1 Å². The predicted octanol–water partition coefficient (Wildman–Crippen LogP) is 5.00. The number of hydrogen-bond acceptors (Lipinski definition) is 5. The fourth-order valence-electron chi connectivity index (χ4n) is 4.44. The molecule has 0 saturated carbocycles. The number of carbonyl (C=O) groups excluding carboxylic acids is 1. The topological polar surface area (TPSA) is 82.6 Å². The van der Waals surface area contributed by atoms with Crippen molar-refractivity contribution < 1.29 is 17.6 Å².